The van der Waals surface area contributed by atoms with Crippen LogP contribution in [0, 0.1) is 6.92 Å². The van der Waals surface area contributed by atoms with Crippen LogP contribution in [0.5, 0.6) is 0 Å². The lowest BCUT2D eigenvalue weighted by Crippen LogP contribution is -2.44. The molecule has 0 atom stereocenters. The molecule has 42 heavy (non-hydrogen) atoms. The van der Waals surface area contributed by atoms with E-state index in [1.54, 1.807) is 0 Å². The van der Waals surface area contributed by atoms with Crippen molar-refractivity contribution in [2.75, 3.05) is 0 Å². The smallest absolute Gasteiger partial charge is 0.0719 e. The van der Waals surface area contributed by atoms with Crippen LogP contribution >= 0.6 is 0 Å². The van der Waals surface area contributed by atoms with Crippen LogP contribution in [0.2, 0.25) is 0 Å². The highest BCUT2D eigenvalue weighted by molar-refractivity contribution is 5.95. The van der Waals surface area contributed by atoms with Gasteiger partial charge in [0.05, 0.1) is 10.8 Å². The summed E-state index contributed by atoms with van der Waals surface area (Å²) >= 11 is 0. The van der Waals surface area contributed by atoms with Gasteiger partial charge in [0, 0.05) is 0 Å². The highest BCUT2D eigenvalue weighted by Gasteiger charge is 2.58. The molecule has 0 unspecified atom stereocenters. The fourth-order valence-electron chi connectivity index (χ4n) is 8.60. The van der Waals surface area contributed by atoms with Crippen LogP contribution in [-0.2, 0) is 10.8 Å². The van der Waals surface area contributed by atoms with Crippen molar-refractivity contribution in [1.29, 1.82) is 0 Å². The van der Waals surface area contributed by atoms with E-state index in [9.17, 15) is 0 Å². The summed E-state index contributed by atoms with van der Waals surface area (Å²) in [6, 6.07) is 43.9. The summed E-state index contributed by atoms with van der Waals surface area (Å²) in [7, 11) is 0. The van der Waals surface area contributed by atoms with E-state index < -0.39 is 0 Å². The molecule has 8 rings (SSSR count). The first-order valence-electron chi connectivity index (χ1n) is 15.1. The predicted octanol–water partition coefficient (Wildman–Crippen LogP) is 10.3. The molecule has 0 saturated heterocycles. The Morgan fingerprint density at radius 1 is 0.595 bits per heavy atom. The maximum atomic E-state index is 4.20. The lowest BCUT2D eigenvalue weighted by atomic mass is 9.52. The van der Waals surface area contributed by atoms with Crippen molar-refractivity contribution in [2.45, 2.75) is 38.0 Å². The summed E-state index contributed by atoms with van der Waals surface area (Å²) in [4.78, 5) is 0. The Morgan fingerprint density at radius 2 is 1.05 bits per heavy atom. The van der Waals surface area contributed by atoms with Crippen molar-refractivity contribution in [3.05, 3.63) is 195 Å². The second kappa shape index (κ2) is 8.91. The van der Waals surface area contributed by atoms with Crippen molar-refractivity contribution in [2.24, 2.45) is 0 Å². The standard InChI is InChI=1S/C42H34/c1-5-33-31(24-22-27(2)3)32-26-28(4)23-25-36(32)41(33)37-18-10-12-20-39(37)42(40-21-13-11-19-38(40)41)34-16-8-6-14-29(34)30-15-7-9-17-35(30)42/h6-26H,2,5H2,1,3-4H3/b24-22-. The maximum absolute atomic E-state index is 4.20. The van der Waals surface area contributed by atoms with Gasteiger partial charge >= 0.3 is 0 Å². The molecule has 0 fully saturated rings. The zero-order chi connectivity index (χ0) is 28.6. The molecule has 3 aliphatic rings. The van der Waals surface area contributed by atoms with Crippen molar-refractivity contribution < 1.29 is 0 Å². The van der Waals surface area contributed by atoms with E-state index in [4.69, 9.17) is 0 Å². The lowest BCUT2D eigenvalue weighted by molar-refractivity contribution is 0.611. The van der Waals surface area contributed by atoms with Gasteiger partial charge in [-0.15, -0.1) is 0 Å². The van der Waals surface area contributed by atoms with Gasteiger partial charge in [0.2, 0.25) is 0 Å². The number of fused-ring (bicyclic) bond motifs is 13. The van der Waals surface area contributed by atoms with Gasteiger partial charge in [0.1, 0.15) is 0 Å². The van der Waals surface area contributed by atoms with Crippen LogP contribution < -0.4 is 0 Å². The minimum absolute atomic E-state index is 0.378. The van der Waals surface area contributed by atoms with Crippen molar-refractivity contribution in [1.82, 2.24) is 0 Å². The normalized spacial score (nSPS) is 16.4. The van der Waals surface area contributed by atoms with Crippen LogP contribution in [0.3, 0.4) is 0 Å². The fourth-order valence-corrected chi connectivity index (χ4v) is 8.60. The maximum Gasteiger partial charge on any atom is 0.0719 e. The summed E-state index contributed by atoms with van der Waals surface area (Å²) in [5, 5.41) is 0. The minimum atomic E-state index is -0.383. The number of rotatable bonds is 3. The zero-order valence-corrected chi connectivity index (χ0v) is 24.5. The largest absolute Gasteiger partial charge is 0.0961 e. The molecule has 0 heterocycles. The third-order valence-corrected chi connectivity index (χ3v) is 9.96. The van der Waals surface area contributed by atoms with Gasteiger partial charge in [-0.25, -0.2) is 0 Å². The summed E-state index contributed by atoms with van der Waals surface area (Å²) < 4.78 is 0. The van der Waals surface area contributed by atoms with Crippen molar-refractivity contribution in [3.63, 3.8) is 0 Å². The molecule has 0 amide bonds. The molecule has 5 aromatic carbocycles. The first kappa shape index (κ1) is 25.1. The first-order valence-corrected chi connectivity index (χ1v) is 15.1. The van der Waals surface area contributed by atoms with Gasteiger partial charge in [-0.05, 0) is 87.0 Å². The fraction of sp³-hybridized carbons (Fsp3) is 0.143. The minimum Gasteiger partial charge on any atom is -0.0961 e. The van der Waals surface area contributed by atoms with E-state index in [0.29, 0.717) is 0 Å². The molecule has 202 valence electrons. The van der Waals surface area contributed by atoms with Gasteiger partial charge in [-0.2, -0.15) is 0 Å². The van der Waals surface area contributed by atoms with Crippen molar-refractivity contribution >= 4 is 5.57 Å². The lowest BCUT2D eigenvalue weighted by Gasteiger charge is -2.49. The molecule has 3 aliphatic carbocycles. The van der Waals surface area contributed by atoms with E-state index in [0.717, 1.165) is 12.0 Å². The summed E-state index contributed by atoms with van der Waals surface area (Å²) in [6.45, 7) is 10.8. The predicted molar refractivity (Wildman–Crippen MR) is 176 cm³/mol. The first-order chi connectivity index (χ1) is 20.5. The summed E-state index contributed by atoms with van der Waals surface area (Å²) in [5.74, 6) is 0. The molecule has 5 aromatic rings. The SMILES string of the molecule is C=C(C)/C=C\C1=C(CC)C2(c3ccc(C)cc31)c1ccccc1C1(c3ccccc3-c3ccccc31)c1ccccc12. The Morgan fingerprint density at radius 3 is 1.55 bits per heavy atom. The third-order valence-electron chi connectivity index (χ3n) is 9.96. The monoisotopic (exact) mass is 538 g/mol. The molecular formula is C42H34. The number of allylic oxidation sites excluding steroid dienone is 5. The van der Waals surface area contributed by atoms with E-state index >= 15 is 0 Å². The van der Waals surface area contributed by atoms with Crippen LogP contribution in [-0.4, -0.2) is 0 Å². The van der Waals surface area contributed by atoms with Gasteiger partial charge in [-0.3, -0.25) is 0 Å². The Bertz CT molecular complexity index is 1920. The quantitative estimate of drug-likeness (QED) is 0.197. The molecule has 2 spiro atoms. The zero-order valence-electron chi connectivity index (χ0n) is 24.5. The van der Waals surface area contributed by atoms with Gasteiger partial charge in [0.25, 0.3) is 0 Å². The van der Waals surface area contributed by atoms with E-state index in [-0.39, 0.29) is 10.8 Å². The van der Waals surface area contributed by atoms with Gasteiger partial charge in [-0.1, -0.05) is 152 Å². The Kier molecular flexibility index (Phi) is 5.32. The molecule has 0 saturated carbocycles. The number of hydrogen-bond donors (Lipinski definition) is 0. The molecule has 0 aliphatic heterocycles. The highest BCUT2D eigenvalue weighted by Crippen LogP contribution is 2.67. The molecule has 0 radical (unpaired) electrons. The van der Waals surface area contributed by atoms with Crippen LogP contribution in [0.4, 0.5) is 0 Å². The molecular weight excluding hydrogens is 504 g/mol. The summed E-state index contributed by atoms with van der Waals surface area (Å²) in [6.07, 6.45) is 5.46. The highest BCUT2D eigenvalue weighted by atomic mass is 14.6. The topological polar surface area (TPSA) is 0 Å². The van der Waals surface area contributed by atoms with E-state index in [1.165, 1.54) is 72.3 Å². The number of aryl methyl sites for hydroxylation is 1. The van der Waals surface area contributed by atoms with Crippen LogP contribution in [0.1, 0.15) is 70.3 Å². The second-order valence-electron chi connectivity index (χ2n) is 12.2. The summed E-state index contributed by atoms with van der Waals surface area (Å²) in [5.41, 5.74) is 18.2. The van der Waals surface area contributed by atoms with Crippen LogP contribution in [0.25, 0.3) is 16.7 Å². The molecule has 0 nitrogen and oxygen atoms in total. The molecule has 0 N–H and O–H groups in total. The van der Waals surface area contributed by atoms with Gasteiger partial charge in [0.15, 0.2) is 0 Å². The molecule has 0 heteroatoms. The van der Waals surface area contributed by atoms with Gasteiger partial charge < -0.3 is 0 Å². The number of benzene rings is 5. The van der Waals surface area contributed by atoms with E-state index in [2.05, 4.69) is 155 Å². The average molecular weight is 539 g/mol. The second-order valence-corrected chi connectivity index (χ2v) is 12.2. The molecule has 0 aromatic heterocycles. The Hall–Kier alpha value is -4.68. The average Bonchev–Trinajstić information content (AvgIpc) is 3.47. The van der Waals surface area contributed by atoms with Crippen molar-refractivity contribution in [3.8, 4) is 11.1 Å². The third kappa shape index (κ3) is 2.92. The van der Waals surface area contributed by atoms with E-state index in [1.807, 2.05) is 0 Å². The van der Waals surface area contributed by atoms with Crippen LogP contribution in [0.15, 0.2) is 145 Å². The molecule has 0 bridgehead atoms. The Labute approximate surface area is 249 Å². The Balaban J connectivity index is 1.59. The number of hydrogen-bond acceptors (Lipinski definition) is 0.